The first-order valence-corrected chi connectivity index (χ1v) is 12.9. The number of para-hydroxylation sites is 2. The number of thioether (sulfide) groups is 1. The standard InChI is InChI=1S/C26H26N6O2S/c33-23-11-12-26(19-7-2-1-3-8-19)32(23)22(17-35-26)24(34)29-25-28-20-9-4-5-10-21(20)31(25)15-6-14-30-16-13-27-18-30/h1-5,7-10,13,16,18,22H,6,11-12,14-15,17H2,(H,28,29,34). The Morgan fingerprint density at radius 3 is 2.77 bits per heavy atom. The first kappa shape index (κ1) is 21.9. The number of nitrogens with one attached hydrogen (secondary N) is 1. The minimum atomic E-state index is -0.533. The van der Waals surface area contributed by atoms with Crippen LogP contribution in [0.4, 0.5) is 5.95 Å². The van der Waals surface area contributed by atoms with Crippen molar-refractivity contribution in [2.75, 3.05) is 11.1 Å². The van der Waals surface area contributed by atoms with E-state index in [0.29, 0.717) is 24.7 Å². The van der Waals surface area contributed by atoms with Crippen molar-refractivity contribution in [1.82, 2.24) is 24.0 Å². The van der Waals surface area contributed by atoms with E-state index in [2.05, 4.69) is 27.0 Å². The monoisotopic (exact) mass is 486 g/mol. The van der Waals surface area contributed by atoms with E-state index >= 15 is 0 Å². The molecule has 178 valence electrons. The maximum atomic E-state index is 13.6. The summed E-state index contributed by atoms with van der Waals surface area (Å²) in [6.07, 6.45) is 7.56. The molecule has 9 heteroatoms. The van der Waals surface area contributed by atoms with Crippen LogP contribution in [0.5, 0.6) is 0 Å². The van der Waals surface area contributed by atoms with Crippen LogP contribution in [0.2, 0.25) is 0 Å². The second kappa shape index (κ2) is 8.88. The minimum Gasteiger partial charge on any atom is -0.337 e. The maximum absolute atomic E-state index is 13.6. The first-order chi connectivity index (χ1) is 17.2. The molecule has 2 aromatic carbocycles. The van der Waals surface area contributed by atoms with Crippen molar-refractivity contribution in [1.29, 1.82) is 0 Å². The van der Waals surface area contributed by atoms with Gasteiger partial charge in [-0.1, -0.05) is 42.5 Å². The fourth-order valence-electron chi connectivity index (χ4n) is 5.26. The molecule has 8 nitrogen and oxygen atoms in total. The van der Waals surface area contributed by atoms with Crippen LogP contribution in [0.25, 0.3) is 11.0 Å². The highest BCUT2D eigenvalue weighted by molar-refractivity contribution is 8.00. The first-order valence-electron chi connectivity index (χ1n) is 11.9. The van der Waals surface area contributed by atoms with E-state index in [9.17, 15) is 9.59 Å². The fourth-order valence-corrected chi connectivity index (χ4v) is 6.91. The average Bonchev–Trinajstić information content (AvgIpc) is 3.66. The number of fused-ring (bicyclic) bond motifs is 2. The number of hydrogen-bond acceptors (Lipinski definition) is 5. The van der Waals surface area contributed by atoms with Gasteiger partial charge in [0.1, 0.15) is 10.9 Å². The molecule has 2 saturated heterocycles. The van der Waals surface area contributed by atoms with Crippen LogP contribution in [0, 0.1) is 0 Å². The molecule has 6 rings (SSSR count). The number of carbonyl (C=O) groups excluding carboxylic acids is 2. The van der Waals surface area contributed by atoms with Gasteiger partial charge >= 0.3 is 0 Å². The van der Waals surface area contributed by atoms with Crippen LogP contribution in [-0.2, 0) is 27.5 Å². The number of anilines is 1. The van der Waals surface area contributed by atoms with Gasteiger partial charge in [0, 0.05) is 37.7 Å². The SMILES string of the molecule is O=C(Nc1nc2ccccc2n1CCCn1ccnc1)C1CSC2(c3ccccc3)CCC(=O)N12. The number of benzene rings is 2. The van der Waals surface area contributed by atoms with Crippen molar-refractivity contribution >= 4 is 40.6 Å². The van der Waals surface area contributed by atoms with Crippen molar-refractivity contribution in [2.45, 2.75) is 43.3 Å². The van der Waals surface area contributed by atoms with Gasteiger partial charge in [0.15, 0.2) is 0 Å². The van der Waals surface area contributed by atoms with E-state index in [1.54, 1.807) is 24.3 Å². The Morgan fingerprint density at radius 2 is 1.94 bits per heavy atom. The zero-order valence-electron chi connectivity index (χ0n) is 19.2. The molecule has 0 bridgehead atoms. The second-order valence-corrected chi connectivity index (χ2v) is 10.3. The predicted octanol–water partition coefficient (Wildman–Crippen LogP) is 3.85. The lowest BCUT2D eigenvalue weighted by atomic mass is 10.0. The molecule has 2 atom stereocenters. The highest BCUT2D eigenvalue weighted by atomic mass is 32.2. The fraction of sp³-hybridized carbons (Fsp3) is 0.308. The molecule has 4 heterocycles. The third-order valence-corrected chi connectivity index (χ3v) is 8.50. The number of carbonyl (C=O) groups is 2. The van der Waals surface area contributed by atoms with Crippen LogP contribution in [-0.4, -0.2) is 47.6 Å². The van der Waals surface area contributed by atoms with E-state index in [4.69, 9.17) is 4.98 Å². The average molecular weight is 487 g/mol. The van der Waals surface area contributed by atoms with Crippen LogP contribution >= 0.6 is 11.8 Å². The summed E-state index contributed by atoms with van der Waals surface area (Å²) in [6, 6.07) is 17.4. The van der Waals surface area contributed by atoms with Crippen LogP contribution in [0.3, 0.4) is 0 Å². The van der Waals surface area contributed by atoms with Gasteiger partial charge in [0.2, 0.25) is 17.8 Å². The van der Waals surface area contributed by atoms with Gasteiger partial charge in [0.05, 0.1) is 17.4 Å². The van der Waals surface area contributed by atoms with Crippen molar-refractivity contribution in [3.8, 4) is 0 Å². The Bertz CT molecular complexity index is 1370. The molecule has 2 aliphatic heterocycles. The van der Waals surface area contributed by atoms with Crippen molar-refractivity contribution in [3.63, 3.8) is 0 Å². The molecule has 2 aromatic heterocycles. The largest absolute Gasteiger partial charge is 0.337 e. The zero-order valence-corrected chi connectivity index (χ0v) is 20.0. The van der Waals surface area contributed by atoms with E-state index in [1.807, 2.05) is 58.1 Å². The van der Waals surface area contributed by atoms with E-state index < -0.39 is 10.9 Å². The van der Waals surface area contributed by atoms with E-state index in [-0.39, 0.29) is 11.8 Å². The number of amides is 2. The summed E-state index contributed by atoms with van der Waals surface area (Å²) in [6.45, 7) is 1.52. The van der Waals surface area contributed by atoms with E-state index in [1.165, 1.54) is 0 Å². The van der Waals surface area contributed by atoms with Crippen LogP contribution < -0.4 is 5.32 Å². The van der Waals surface area contributed by atoms with Gasteiger partial charge in [0.25, 0.3) is 0 Å². The summed E-state index contributed by atoms with van der Waals surface area (Å²) in [5, 5.41) is 3.07. The Kier molecular flexibility index (Phi) is 5.56. The summed E-state index contributed by atoms with van der Waals surface area (Å²) < 4.78 is 4.10. The van der Waals surface area contributed by atoms with Gasteiger partial charge in [-0.05, 0) is 30.5 Å². The van der Waals surface area contributed by atoms with Gasteiger partial charge < -0.3 is 14.0 Å². The number of imidazole rings is 2. The van der Waals surface area contributed by atoms with Crippen LogP contribution in [0.1, 0.15) is 24.8 Å². The lowest BCUT2D eigenvalue weighted by Gasteiger charge is -2.34. The number of aryl methyl sites for hydroxylation is 2. The smallest absolute Gasteiger partial charge is 0.250 e. The molecule has 2 unspecified atom stereocenters. The molecular weight excluding hydrogens is 460 g/mol. The topological polar surface area (TPSA) is 85.0 Å². The van der Waals surface area contributed by atoms with Crippen molar-refractivity contribution < 1.29 is 9.59 Å². The summed E-state index contributed by atoms with van der Waals surface area (Å²) in [5.41, 5.74) is 2.89. The van der Waals surface area contributed by atoms with Crippen molar-refractivity contribution in [3.05, 3.63) is 78.9 Å². The summed E-state index contributed by atoms with van der Waals surface area (Å²) in [5.74, 6) is 0.938. The zero-order chi connectivity index (χ0) is 23.8. The normalized spacial score (nSPS) is 21.5. The molecule has 0 aliphatic carbocycles. The molecule has 2 amide bonds. The molecule has 0 radical (unpaired) electrons. The Morgan fingerprint density at radius 1 is 1.11 bits per heavy atom. The third-order valence-electron chi connectivity index (χ3n) is 6.90. The highest BCUT2D eigenvalue weighted by Gasteiger charge is 2.56. The highest BCUT2D eigenvalue weighted by Crippen LogP contribution is 2.54. The molecule has 35 heavy (non-hydrogen) atoms. The van der Waals surface area contributed by atoms with Gasteiger partial charge in [-0.15, -0.1) is 11.8 Å². The van der Waals surface area contributed by atoms with Gasteiger partial charge in [-0.2, -0.15) is 0 Å². The quantitative estimate of drug-likeness (QED) is 0.429. The third kappa shape index (κ3) is 3.80. The summed E-state index contributed by atoms with van der Waals surface area (Å²) in [7, 11) is 0. The molecule has 2 aliphatic rings. The van der Waals surface area contributed by atoms with Gasteiger partial charge in [-0.25, -0.2) is 9.97 Å². The molecule has 2 fully saturated rings. The Hall–Kier alpha value is -3.59. The van der Waals surface area contributed by atoms with Crippen LogP contribution in [0.15, 0.2) is 73.3 Å². The molecular formula is C26H26N6O2S. The number of hydrogen-bond donors (Lipinski definition) is 1. The number of rotatable bonds is 7. The predicted molar refractivity (Wildman–Crippen MR) is 136 cm³/mol. The second-order valence-electron chi connectivity index (χ2n) is 8.96. The molecule has 1 N–H and O–H groups in total. The van der Waals surface area contributed by atoms with E-state index in [0.717, 1.165) is 36.0 Å². The molecule has 0 saturated carbocycles. The Labute approximate surface area is 207 Å². The minimum absolute atomic E-state index is 0.0350. The van der Waals surface area contributed by atoms with Gasteiger partial charge in [-0.3, -0.25) is 14.9 Å². The Balaban J connectivity index is 1.26. The molecule has 0 spiro atoms. The lowest BCUT2D eigenvalue weighted by molar-refractivity contribution is -0.136. The summed E-state index contributed by atoms with van der Waals surface area (Å²) >= 11 is 1.69. The number of nitrogens with zero attached hydrogens (tertiary/aromatic N) is 5. The lowest BCUT2D eigenvalue weighted by Crippen LogP contribution is -2.48. The number of aromatic nitrogens is 4. The molecule has 4 aromatic rings. The van der Waals surface area contributed by atoms with Crippen molar-refractivity contribution in [2.24, 2.45) is 0 Å². The summed E-state index contributed by atoms with van der Waals surface area (Å²) in [4.78, 5) is 36.7. The maximum Gasteiger partial charge on any atom is 0.250 e.